The minimum Gasteiger partial charge on any atom is -0.478 e. The van der Waals surface area contributed by atoms with Crippen molar-refractivity contribution in [3.63, 3.8) is 0 Å². The van der Waals surface area contributed by atoms with Crippen molar-refractivity contribution in [2.45, 2.75) is 19.5 Å². The van der Waals surface area contributed by atoms with Gasteiger partial charge < -0.3 is 5.11 Å². The largest absolute Gasteiger partial charge is 0.478 e. The van der Waals surface area contributed by atoms with Gasteiger partial charge in [-0.05, 0) is 17.5 Å². The van der Waals surface area contributed by atoms with Gasteiger partial charge in [0, 0.05) is 24.5 Å². The maximum absolute atomic E-state index is 11.7. The van der Waals surface area contributed by atoms with Gasteiger partial charge in [-0.3, -0.25) is 19.9 Å². The number of carboxylic acids is 1. The topological polar surface area (TPSA) is 91.6 Å². The molecular formula is C17H15N3O4S. The lowest BCUT2D eigenvalue weighted by Gasteiger charge is -2.27. The normalized spacial score (nSPS) is 14.6. The number of hydrogen-bond donors (Lipinski definition) is 2. The molecule has 0 atom stereocenters. The highest BCUT2D eigenvalue weighted by Gasteiger charge is 2.29. The summed E-state index contributed by atoms with van der Waals surface area (Å²) >= 11 is 1.31. The van der Waals surface area contributed by atoms with E-state index in [2.05, 4.69) is 10.3 Å². The molecule has 0 bridgehead atoms. The fourth-order valence-electron chi connectivity index (χ4n) is 3.06. The minimum atomic E-state index is -1.05. The van der Waals surface area contributed by atoms with Crippen molar-refractivity contribution in [2.24, 2.45) is 0 Å². The van der Waals surface area contributed by atoms with Gasteiger partial charge in [0.1, 0.15) is 10.6 Å². The number of aromatic nitrogens is 1. The van der Waals surface area contributed by atoms with Crippen molar-refractivity contribution in [2.75, 3.05) is 12.0 Å². The van der Waals surface area contributed by atoms with Crippen LogP contribution in [0.15, 0.2) is 39.9 Å². The number of nitrogens with one attached hydrogen (secondary N) is 1. The van der Waals surface area contributed by atoms with Crippen molar-refractivity contribution in [3.8, 4) is 0 Å². The van der Waals surface area contributed by atoms with E-state index < -0.39 is 17.1 Å². The lowest BCUT2D eigenvalue weighted by atomic mass is 10.0. The number of fused-ring (bicyclic) bond motifs is 1. The van der Waals surface area contributed by atoms with Crippen LogP contribution in [0.4, 0.5) is 5.00 Å². The van der Waals surface area contributed by atoms with Crippen molar-refractivity contribution < 1.29 is 9.90 Å². The highest BCUT2D eigenvalue weighted by Crippen LogP contribution is 2.37. The Morgan fingerprint density at radius 1 is 1.20 bits per heavy atom. The fraction of sp³-hybridized carbons (Fsp3) is 0.235. The number of rotatable bonds is 5. The number of aromatic carboxylic acids is 1. The second-order valence-corrected chi connectivity index (χ2v) is 7.12. The van der Waals surface area contributed by atoms with Gasteiger partial charge in [-0.2, -0.15) is 4.68 Å². The van der Waals surface area contributed by atoms with Crippen LogP contribution >= 0.6 is 11.3 Å². The second kappa shape index (κ2) is 5.98. The van der Waals surface area contributed by atoms with E-state index in [9.17, 15) is 19.5 Å². The summed E-state index contributed by atoms with van der Waals surface area (Å²) in [6.07, 6.45) is 0.747. The number of benzene rings is 1. The summed E-state index contributed by atoms with van der Waals surface area (Å²) in [4.78, 5) is 37.3. The summed E-state index contributed by atoms with van der Waals surface area (Å²) in [5, 5.41) is 9.96. The third-order valence-electron chi connectivity index (χ3n) is 4.34. The molecule has 128 valence electrons. The van der Waals surface area contributed by atoms with E-state index in [1.54, 1.807) is 0 Å². The van der Waals surface area contributed by atoms with Crippen molar-refractivity contribution in [3.05, 3.63) is 72.6 Å². The molecule has 0 aliphatic carbocycles. The average molecular weight is 357 g/mol. The van der Waals surface area contributed by atoms with E-state index in [4.69, 9.17) is 0 Å². The van der Waals surface area contributed by atoms with E-state index in [-0.39, 0.29) is 5.56 Å². The molecule has 2 N–H and O–H groups in total. The van der Waals surface area contributed by atoms with Crippen LogP contribution in [0.1, 0.15) is 26.4 Å². The Kier molecular flexibility index (Phi) is 3.78. The van der Waals surface area contributed by atoms with Crippen LogP contribution in [0.25, 0.3) is 0 Å². The van der Waals surface area contributed by atoms with Crippen molar-refractivity contribution in [1.82, 2.24) is 9.58 Å². The molecule has 0 unspecified atom stereocenters. The van der Waals surface area contributed by atoms with Crippen LogP contribution in [-0.2, 0) is 19.5 Å². The molecule has 1 aliphatic rings. The third-order valence-corrected chi connectivity index (χ3v) is 5.54. The van der Waals surface area contributed by atoms with Crippen LogP contribution in [-0.4, -0.2) is 27.2 Å². The number of carboxylic acid groups (broad SMARTS) is 1. The van der Waals surface area contributed by atoms with Crippen LogP contribution in [0.3, 0.4) is 0 Å². The van der Waals surface area contributed by atoms with E-state index in [1.807, 2.05) is 30.3 Å². The molecule has 7 nitrogen and oxygen atoms in total. The lowest BCUT2D eigenvalue weighted by Crippen LogP contribution is -2.30. The SMILES string of the molecule is O=C(O)c1c(Nn2c(=O)c2=O)sc2c1CN(Cc1ccccc1)CC2. The van der Waals surface area contributed by atoms with E-state index in [1.165, 1.54) is 16.9 Å². The molecule has 0 amide bonds. The Morgan fingerprint density at radius 2 is 1.92 bits per heavy atom. The molecule has 1 aliphatic heterocycles. The predicted octanol–water partition coefficient (Wildman–Crippen LogP) is 1.28. The smallest absolute Gasteiger partial charge is 0.340 e. The fourth-order valence-corrected chi connectivity index (χ4v) is 4.24. The molecule has 0 saturated carbocycles. The molecule has 3 heterocycles. The first kappa shape index (κ1) is 15.8. The predicted molar refractivity (Wildman–Crippen MR) is 93.9 cm³/mol. The summed E-state index contributed by atoms with van der Waals surface area (Å²) in [7, 11) is 0. The molecular weight excluding hydrogens is 342 g/mol. The molecule has 0 fully saturated rings. The van der Waals surface area contributed by atoms with Gasteiger partial charge >= 0.3 is 17.1 Å². The van der Waals surface area contributed by atoms with Crippen molar-refractivity contribution >= 4 is 22.3 Å². The Hall–Kier alpha value is -2.71. The quantitative estimate of drug-likeness (QED) is 0.669. The van der Waals surface area contributed by atoms with E-state index >= 15 is 0 Å². The van der Waals surface area contributed by atoms with E-state index in [0.717, 1.165) is 34.6 Å². The van der Waals surface area contributed by atoms with Gasteiger partial charge in [-0.1, -0.05) is 30.3 Å². The zero-order valence-corrected chi connectivity index (χ0v) is 14.0. The van der Waals surface area contributed by atoms with E-state index in [0.29, 0.717) is 11.5 Å². The number of nitrogens with zero attached hydrogens (tertiary/aromatic N) is 2. The summed E-state index contributed by atoms with van der Waals surface area (Å²) in [5.74, 6) is -1.05. The molecule has 25 heavy (non-hydrogen) atoms. The van der Waals surface area contributed by atoms with Crippen LogP contribution in [0.2, 0.25) is 0 Å². The zero-order chi connectivity index (χ0) is 17.6. The highest BCUT2D eigenvalue weighted by molar-refractivity contribution is 7.16. The Morgan fingerprint density at radius 3 is 2.56 bits per heavy atom. The second-order valence-electron chi connectivity index (χ2n) is 6.02. The van der Waals surface area contributed by atoms with Gasteiger partial charge in [0.25, 0.3) is 0 Å². The molecule has 8 heteroatoms. The standard InChI is InChI=1S/C17H15N3O4S/c21-15-16(22)20(15)18-14-13(17(23)24)11-9-19(7-6-12(11)25-14)8-10-4-2-1-3-5-10/h1-5,18H,6-9H2,(H,23,24). The lowest BCUT2D eigenvalue weighted by molar-refractivity contribution is 0.0695. The molecule has 2 aromatic heterocycles. The average Bonchev–Trinajstić information content (AvgIpc) is 3.01. The molecule has 0 saturated heterocycles. The zero-order valence-electron chi connectivity index (χ0n) is 13.2. The Bertz CT molecular complexity index is 989. The number of thiophene rings is 1. The molecule has 0 radical (unpaired) electrons. The van der Waals surface area contributed by atoms with Crippen LogP contribution in [0, 0.1) is 0 Å². The summed E-state index contributed by atoms with van der Waals surface area (Å²) in [6, 6.07) is 10.0. The Balaban J connectivity index is 1.61. The van der Waals surface area contributed by atoms with Gasteiger partial charge in [0.15, 0.2) is 0 Å². The number of anilines is 1. The maximum atomic E-state index is 11.7. The first-order valence-corrected chi connectivity index (χ1v) is 8.65. The molecule has 0 spiro atoms. The third kappa shape index (κ3) is 2.90. The van der Waals surface area contributed by atoms with Gasteiger partial charge in [0.2, 0.25) is 0 Å². The monoisotopic (exact) mass is 357 g/mol. The number of carbonyl (C=O) groups is 1. The summed E-state index contributed by atoms with van der Waals surface area (Å²) < 4.78 is 0.839. The summed E-state index contributed by atoms with van der Waals surface area (Å²) in [5.41, 5.74) is 3.45. The van der Waals surface area contributed by atoms with Gasteiger partial charge in [-0.15, -0.1) is 11.3 Å². The summed E-state index contributed by atoms with van der Waals surface area (Å²) in [6.45, 7) is 2.12. The van der Waals surface area contributed by atoms with Crippen LogP contribution < -0.4 is 16.5 Å². The first-order valence-electron chi connectivity index (χ1n) is 7.84. The van der Waals surface area contributed by atoms with Gasteiger partial charge in [0.05, 0.1) is 0 Å². The van der Waals surface area contributed by atoms with Crippen molar-refractivity contribution in [1.29, 1.82) is 0 Å². The minimum absolute atomic E-state index is 0.158. The Labute approximate surface area is 146 Å². The van der Waals surface area contributed by atoms with Gasteiger partial charge in [-0.25, -0.2) is 4.79 Å². The molecule has 3 aromatic rings. The van der Waals surface area contributed by atoms with Crippen LogP contribution in [0.5, 0.6) is 0 Å². The maximum Gasteiger partial charge on any atom is 0.340 e. The molecule has 4 rings (SSSR count). The molecule has 1 aromatic carbocycles. The first-order chi connectivity index (χ1) is 12.0. The highest BCUT2D eigenvalue weighted by atomic mass is 32.1. The number of hydrogen-bond acceptors (Lipinski definition) is 6.